The molecule has 0 fully saturated rings. The SMILES string of the molecule is CCc1ccc2oc(-c3ccc(C(C)(C)C)cc3)cc(=NNc3nc4ccccc4s3)c2c1. The lowest BCUT2D eigenvalue weighted by molar-refractivity contribution is 0.589. The van der Waals surface area contributed by atoms with Crippen molar-refractivity contribution < 1.29 is 4.42 Å². The van der Waals surface area contributed by atoms with Gasteiger partial charge in [0, 0.05) is 17.0 Å². The Hall–Kier alpha value is -3.44. The maximum atomic E-state index is 6.31. The number of rotatable bonds is 4. The van der Waals surface area contributed by atoms with Crippen LogP contribution in [0.5, 0.6) is 0 Å². The predicted octanol–water partition coefficient (Wildman–Crippen LogP) is 7.50. The molecule has 0 atom stereocenters. The first-order valence-corrected chi connectivity index (χ1v) is 12.1. The van der Waals surface area contributed by atoms with Crippen molar-refractivity contribution in [1.82, 2.24) is 4.98 Å². The van der Waals surface area contributed by atoms with E-state index in [0.717, 1.165) is 49.4 Å². The molecule has 0 spiro atoms. The Morgan fingerprint density at radius 3 is 2.48 bits per heavy atom. The minimum Gasteiger partial charge on any atom is -0.456 e. The van der Waals surface area contributed by atoms with Crippen LogP contribution in [0, 0.1) is 0 Å². The number of thiazole rings is 1. The summed E-state index contributed by atoms with van der Waals surface area (Å²) in [5, 5.41) is 7.35. The average molecular weight is 454 g/mol. The summed E-state index contributed by atoms with van der Waals surface area (Å²) in [5.74, 6) is 0.789. The molecule has 0 saturated carbocycles. The van der Waals surface area contributed by atoms with Gasteiger partial charge in [-0.1, -0.05) is 81.5 Å². The maximum absolute atomic E-state index is 6.31. The van der Waals surface area contributed by atoms with Crippen LogP contribution in [0.3, 0.4) is 0 Å². The average Bonchev–Trinajstić information content (AvgIpc) is 3.24. The number of hydrogen-bond acceptors (Lipinski definition) is 5. The van der Waals surface area contributed by atoms with Crippen molar-refractivity contribution >= 4 is 37.7 Å². The van der Waals surface area contributed by atoms with Gasteiger partial charge in [0.15, 0.2) is 0 Å². The number of benzene rings is 3. The van der Waals surface area contributed by atoms with Crippen LogP contribution in [0.2, 0.25) is 0 Å². The lowest BCUT2D eigenvalue weighted by atomic mass is 9.86. The lowest BCUT2D eigenvalue weighted by Gasteiger charge is -2.19. The largest absolute Gasteiger partial charge is 0.456 e. The van der Waals surface area contributed by atoms with E-state index in [4.69, 9.17) is 9.52 Å². The molecule has 166 valence electrons. The summed E-state index contributed by atoms with van der Waals surface area (Å²) in [6.07, 6.45) is 0.955. The Bertz CT molecular complexity index is 1470. The normalized spacial score (nSPS) is 12.5. The first-order chi connectivity index (χ1) is 15.9. The molecule has 0 saturated heterocycles. The Morgan fingerprint density at radius 2 is 1.76 bits per heavy atom. The zero-order chi connectivity index (χ0) is 23.0. The molecule has 3 aromatic carbocycles. The Morgan fingerprint density at radius 1 is 0.970 bits per heavy atom. The molecule has 5 rings (SSSR count). The second-order valence-electron chi connectivity index (χ2n) is 9.22. The highest BCUT2D eigenvalue weighted by atomic mass is 32.1. The number of para-hydroxylation sites is 1. The summed E-state index contributed by atoms with van der Waals surface area (Å²) in [6, 6.07) is 25.0. The fraction of sp³-hybridized carbons (Fsp3) is 0.214. The Kier molecular flexibility index (Phi) is 5.51. The molecular formula is C28H27N3OS. The van der Waals surface area contributed by atoms with Gasteiger partial charge in [-0.25, -0.2) is 4.98 Å². The smallest absolute Gasteiger partial charge is 0.204 e. The monoisotopic (exact) mass is 453 g/mol. The van der Waals surface area contributed by atoms with E-state index in [1.54, 1.807) is 11.3 Å². The van der Waals surface area contributed by atoms with Crippen LogP contribution < -0.4 is 10.8 Å². The van der Waals surface area contributed by atoms with Crippen molar-refractivity contribution in [2.24, 2.45) is 5.10 Å². The molecule has 2 heterocycles. The van der Waals surface area contributed by atoms with E-state index in [2.05, 4.69) is 80.6 Å². The molecule has 5 heteroatoms. The summed E-state index contributed by atoms with van der Waals surface area (Å²) < 4.78 is 7.45. The summed E-state index contributed by atoms with van der Waals surface area (Å²) >= 11 is 1.59. The molecule has 0 aliphatic carbocycles. The number of nitrogens with one attached hydrogen (secondary N) is 1. The van der Waals surface area contributed by atoms with E-state index in [9.17, 15) is 0 Å². The summed E-state index contributed by atoms with van der Waals surface area (Å²) in [7, 11) is 0. The van der Waals surface area contributed by atoms with Gasteiger partial charge in [0.05, 0.1) is 15.6 Å². The molecule has 0 unspecified atom stereocenters. The van der Waals surface area contributed by atoms with Gasteiger partial charge >= 0.3 is 0 Å². The number of nitrogens with zero attached hydrogens (tertiary/aromatic N) is 2. The number of anilines is 1. The summed E-state index contributed by atoms with van der Waals surface area (Å²) in [4.78, 5) is 4.65. The van der Waals surface area contributed by atoms with Crippen LogP contribution in [0.4, 0.5) is 5.13 Å². The Labute approximate surface area is 197 Å². The van der Waals surface area contributed by atoms with Crippen molar-refractivity contribution in [3.8, 4) is 11.3 Å². The van der Waals surface area contributed by atoms with E-state index in [1.165, 1.54) is 11.1 Å². The molecule has 2 aromatic heterocycles. The van der Waals surface area contributed by atoms with Crippen LogP contribution >= 0.6 is 11.3 Å². The standard InChI is InChI=1S/C28H27N3OS/c1-5-18-10-15-24-21(16-18)23(30-31-27-29-22-8-6-7-9-26(22)33-27)17-25(32-24)19-11-13-20(14-12-19)28(2,3)4/h6-17H,5H2,1-4H3,(H,29,31). The molecule has 33 heavy (non-hydrogen) atoms. The van der Waals surface area contributed by atoms with Crippen molar-refractivity contribution in [3.05, 3.63) is 89.3 Å². The van der Waals surface area contributed by atoms with Gasteiger partial charge in [-0.05, 0) is 47.2 Å². The van der Waals surface area contributed by atoms with Crippen LogP contribution in [0.1, 0.15) is 38.8 Å². The van der Waals surface area contributed by atoms with Crippen LogP contribution in [0.25, 0.3) is 32.5 Å². The number of fused-ring (bicyclic) bond motifs is 2. The zero-order valence-corrected chi connectivity index (χ0v) is 20.2. The molecule has 4 nitrogen and oxygen atoms in total. The van der Waals surface area contributed by atoms with Gasteiger partial charge in [-0.3, -0.25) is 5.43 Å². The van der Waals surface area contributed by atoms with E-state index in [1.807, 2.05) is 30.3 Å². The highest BCUT2D eigenvalue weighted by Gasteiger charge is 2.14. The molecule has 0 aliphatic rings. The second kappa shape index (κ2) is 8.49. The molecule has 1 N–H and O–H groups in total. The van der Waals surface area contributed by atoms with Gasteiger partial charge in [-0.2, -0.15) is 5.10 Å². The number of aryl methyl sites for hydroxylation is 1. The van der Waals surface area contributed by atoms with E-state index in [-0.39, 0.29) is 5.41 Å². The van der Waals surface area contributed by atoms with Gasteiger partial charge in [0.1, 0.15) is 11.3 Å². The predicted molar refractivity (Wildman–Crippen MR) is 139 cm³/mol. The Balaban J connectivity index is 1.61. The van der Waals surface area contributed by atoms with Crippen molar-refractivity contribution in [3.63, 3.8) is 0 Å². The van der Waals surface area contributed by atoms with Gasteiger partial charge < -0.3 is 4.42 Å². The highest BCUT2D eigenvalue weighted by molar-refractivity contribution is 7.22. The van der Waals surface area contributed by atoms with Gasteiger partial charge in [0.2, 0.25) is 5.13 Å². The quantitative estimate of drug-likeness (QED) is 0.287. The van der Waals surface area contributed by atoms with Crippen molar-refractivity contribution in [1.29, 1.82) is 0 Å². The molecule has 0 amide bonds. The van der Waals surface area contributed by atoms with Gasteiger partial charge in [0.25, 0.3) is 0 Å². The van der Waals surface area contributed by atoms with Crippen LogP contribution in [-0.2, 0) is 11.8 Å². The molecule has 0 radical (unpaired) electrons. The summed E-state index contributed by atoms with van der Waals surface area (Å²) in [6.45, 7) is 8.81. The third-order valence-corrected chi connectivity index (χ3v) is 6.76. The van der Waals surface area contributed by atoms with E-state index >= 15 is 0 Å². The van der Waals surface area contributed by atoms with Gasteiger partial charge in [-0.15, -0.1) is 0 Å². The van der Waals surface area contributed by atoms with E-state index < -0.39 is 0 Å². The van der Waals surface area contributed by atoms with Crippen LogP contribution in [-0.4, -0.2) is 4.98 Å². The van der Waals surface area contributed by atoms with E-state index in [0.29, 0.717) is 0 Å². The number of hydrogen-bond donors (Lipinski definition) is 1. The minimum absolute atomic E-state index is 0.108. The first kappa shape index (κ1) is 21.4. The number of aromatic nitrogens is 1. The third kappa shape index (κ3) is 4.41. The lowest BCUT2D eigenvalue weighted by Crippen LogP contribution is -2.10. The van der Waals surface area contributed by atoms with Crippen molar-refractivity contribution in [2.45, 2.75) is 39.5 Å². The van der Waals surface area contributed by atoms with Crippen LogP contribution in [0.15, 0.2) is 82.3 Å². The molecular weight excluding hydrogens is 426 g/mol. The first-order valence-electron chi connectivity index (χ1n) is 11.2. The fourth-order valence-electron chi connectivity index (χ4n) is 3.83. The minimum atomic E-state index is 0.108. The summed E-state index contributed by atoms with van der Waals surface area (Å²) in [5.41, 5.74) is 8.64. The zero-order valence-electron chi connectivity index (χ0n) is 19.3. The highest BCUT2D eigenvalue weighted by Crippen LogP contribution is 2.28. The third-order valence-electron chi connectivity index (χ3n) is 5.82. The second-order valence-corrected chi connectivity index (χ2v) is 10.2. The topological polar surface area (TPSA) is 50.4 Å². The fourth-order valence-corrected chi connectivity index (χ4v) is 4.64. The molecule has 0 aliphatic heterocycles. The molecule has 0 bridgehead atoms. The van der Waals surface area contributed by atoms with Crippen molar-refractivity contribution in [2.75, 3.05) is 5.43 Å². The maximum Gasteiger partial charge on any atom is 0.204 e. The molecule has 5 aromatic rings.